The molecule has 138 valence electrons. The first-order valence-electron chi connectivity index (χ1n) is 8.52. The molecule has 1 N–H and O–H groups in total. The molecule has 1 aliphatic heterocycles. The smallest absolute Gasteiger partial charge is 0.243 e. The van der Waals surface area contributed by atoms with Crippen LogP contribution in [-0.2, 0) is 4.79 Å². The number of azo groups is 1. The van der Waals surface area contributed by atoms with Crippen LogP contribution in [0, 0.1) is 6.92 Å². The van der Waals surface area contributed by atoms with Gasteiger partial charge in [0.15, 0.2) is 0 Å². The molecule has 1 atom stereocenters. The molecule has 1 fully saturated rings. The van der Waals surface area contributed by atoms with Gasteiger partial charge in [-0.2, -0.15) is 10.2 Å². The van der Waals surface area contributed by atoms with Crippen LogP contribution >= 0.6 is 24.0 Å². The summed E-state index contributed by atoms with van der Waals surface area (Å²) in [6.45, 7) is 6.68. The van der Waals surface area contributed by atoms with Crippen molar-refractivity contribution in [1.82, 2.24) is 4.90 Å². The summed E-state index contributed by atoms with van der Waals surface area (Å²) in [6, 6.07) is 15.5. The maximum Gasteiger partial charge on any atom is 0.243 e. The van der Waals surface area contributed by atoms with Gasteiger partial charge in [-0.1, -0.05) is 47.8 Å². The SMILES string of the molecule is C=CCN1C(=O)C(CNc2ccc(N=Nc3ccc(C)cc3)cc2)SC1=S. The van der Waals surface area contributed by atoms with Crippen LogP contribution in [0.25, 0.3) is 0 Å². The first-order chi connectivity index (χ1) is 13.1. The number of amides is 1. The summed E-state index contributed by atoms with van der Waals surface area (Å²) in [6.07, 6.45) is 1.68. The number of aryl methyl sites for hydroxylation is 1. The lowest BCUT2D eigenvalue weighted by Gasteiger charge is -2.13. The van der Waals surface area contributed by atoms with Gasteiger partial charge in [0, 0.05) is 18.8 Å². The number of nitrogens with zero attached hydrogens (tertiary/aromatic N) is 3. The first kappa shape index (κ1) is 19.3. The molecular formula is C20H20N4OS2. The molecule has 5 nitrogen and oxygen atoms in total. The molecule has 2 aromatic carbocycles. The molecule has 1 heterocycles. The van der Waals surface area contributed by atoms with E-state index in [9.17, 15) is 4.79 Å². The van der Waals surface area contributed by atoms with Crippen LogP contribution in [0.5, 0.6) is 0 Å². The van der Waals surface area contributed by atoms with Crippen LogP contribution < -0.4 is 5.32 Å². The molecule has 0 radical (unpaired) electrons. The van der Waals surface area contributed by atoms with E-state index < -0.39 is 0 Å². The zero-order chi connectivity index (χ0) is 19.2. The number of thiocarbonyl (C=S) groups is 1. The number of hydrogen-bond donors (Lipinski definition) is 1. The third-order valence-corrected chi connectivity index (χ3v) is 5.57. The zero-order valence-corrected chi connectivity index (χ0v) is 16.6. The third kappa shape index (κ3) is 5.02. The van der Waals surface area contributed by atoms with Crippen molar-refractivity contribution in [3.63, 3.8) is 0 Å². The summed E-state index contributed by atoms with van der Waals surface area (Å²) >= 11 is 6.67. The van der Waals surface area contributed by atoms with Gasteiger partial charge in [-0.25, -0.2) is 0 Å². The highest BCUT2D eigenvalue weighted by Gasteiger charge is 2.35. The van der Waals surface area contributed by atoms with Crippen molar-refractivity contribution >= 4 is 51.3 Å². The van der Waals surface area contributed by atoms with Crippen molar-refractivity contribution in [2.75, 3.05) is 18.4 Å². The maximum atomic E-state index is 12.3. The Hall–Kier alpha value is -2.51. The van der Waals surface area contributed by atoms with E-state index in [4.69, 9.17) is 12.2 Å². The summed E-state index contributed by atoms with van der Waals surface area (Å²) in [4.78, 5) is 13.9. The topological polar surface area (TPSA) is 57.1 Å². The van der Waals surface area contributed by atoms with E-state index in [1.54, 1.807) is 11.0 Å². The Labute approximate surface area is 168 Å². The summed E-state index contributed by atoms with van der Waals surface area (Å²) in [7, 11) is 0. The van der Waals surface area contributed by atoms with Gasteiger partial charge in [0.25, 0.3) is 0 Å². The van der Waals surface area contributed by atoms with Gasteiger partial charge in [-0.3, -0.25) is 9.69 Å². The second-order valence-corrected chi connectivity index (χ2v) is 7.91. The third-order valence-electron chi connectivity index (χ3n) is 3.99. The van der Waals surface area contributed by atoms with Crippen LogP contribution in [0.4, 0.5) is 17.1 Å². The number of thioether (sulfide) groups is 1. The summed E-state index contributed by atoms with van der Waals surface area (Å²) in [5.74, 6) is 0.0286. The van der Waals surface area contributed by atoms with Gasteiger partial charge in [-0.15, -0.1) is 6.58 Å². The van der Waals surface area contributed by atoms with E-state index >= 15 is 0 Å². The minimum atomic E-state index is -0.210. The summed E-state index contributed by atoms with van der Waals surface area (Å²) in [5.41, 5.74) is 3.70. The van der Waals surface area contributed by atoms with Gasteiger partial charge in [-0.05, 0) is 43.3 Å². The van der Waals surface area contributed by atoms with E-state index in [1.165, 1.54) is 17.3 Å². The van der Waals surface area contributed by atoms with Crippen LogP contribution in [0.3, 0.4) is 0 Å². The van der Waals surface area contributed by atoms with Gasteiger partial charge < -0.3 is 5.32 Å². The minimum Gasteiger partial charge on any atom is -0.383 e. The van der Waals surface area contributed by atoms with Crippen LogP contribution in [0.15, 0.2) is 71.4 Å². The lowest BCUT2D eigenvalue weighted by Crippen LogP contribution is -2.34. The predicted molar refractivity (Wildman–Crippen MR) is 116 cm³/mol. The molecule has 0 aromatic heterocycles. The van der Waals surface area contributed by atoms with Crippen molar-refractivity contribution in [2.24, 2.45) is 10.2 Å². The maximum absolute atomic E-state index is 12.3. The number of carbonyl (C=O) groups excluding carboxylic acids is 1. The van der Waals surface area contributed by atoms with Gasteiger partial charge >= 0.3 is 0 Å². The molecule has 0 spiro atoms. The molecule has 27 heavy (non-hydrogen) atoms. The van der Waals surface area contributed by atoms with Crippen molar-refractivity contribution in [3.05, 3.63) is 66.7 Å². The molecule has 1 saturated heterocycles. The van der Waals surface area contributed by atoms with E-state index in [0.717, 1.165) is 17.1 Å². The molecule has 0 saturated carbocycles. The largest absolute Gasteiger partial charge is 0.383 e. The van der Waals surface area contributed by atoms with Crippen molar-refractivity contribution in [3.8, 4) is 0 Å². The Kier molecular flexibility index (Phi) is 6.36. The molecule has 1 unspecified atom stereocenters. The highest BCUT2D eigenvalue weighted by molar-refractivity contribution is 8.24. The summed E-state index contributed by atoms with van der Waals surface area (Å²) < 4.78 is 0.610. The number of rotatable bonds is 7. The second kappa shape index (κ2) is 8.92. The van der Waals surface area contributed by atoms with E-state index in [1.807, 2.05) is 55.5 Å². The summed E-state index contributed by atoms with van der Waals surface area (Å²) in [5, 5.41) is 11.5. The van der Waals surface area contributed by atoms with Gasteiger partial charge in [0.1, 0.15) is 9.57 Å². The Balaban J connectivity index is 1.55. The minimum absolute atomic E-state index is 0.0286. The molecule has 1 amide bonds. The van der Waals surface area contributed by atoms with Crippen molar-refractivity contribution in [1.29, 1.82) is 0 Å². The van der Waals surface area contributed by atoms with Crippen molar-refractivity contribution < 1.29 is 4.79 Å². The van der Waals surface area contributed by atoms with Crippen LogP contribution in [-0.4, -0.2) is 33.5 Å². The number of carbonyl (C=O) groups is 1. The molecule has 0 bridgehead atoms. The Morgan fingerprint density at radius 2 is 1.74 bits per heavy atom. The van der Waals surface area contributed by atoms with E-state index in [0.29, 0.717) is 17.4 Å². The Morgan fingerprint density at radius 1 is 1.15 bits per heavy atom. The Bertz CT molecular complexity index is 863. The monoisotopic (exact) mass is 396 g/mol. The predicted octanol–water partition coefficient (Wildman–Crippen LogP) is 5.24. The fourth-order valence-electron chi connectivity index (χ4n) is 2.51. The number of nitrogens with one attached hydrogen (secondary N) is 1. The number of benzene rings is 2. The second-order valence-electron chi connectivity index (χ2n) is 6.07. The zero-order valence-electron chi connectivity index (χ0n) is 15.0. The fourth-order valence-corrected chi connectivity index (χ4v) is 3.95. The highest BCUT2D eigenvalue weighted by Crippen LogP contribution is 2.28. The van der Waals surface area contributed by atoms with Gasteiger partial charge in [0.05, 0.1) is 11.4 Å². The average Bonchev–Trinajstić information content (AvgIpc) is 2.95. The van der Waals surface area contributed by atoms with Crippen molar-refractivity contribution in [2.45, 2.75) is 12.2 Å². The fraction of sp³-hybridized carbons (Fsp3) is 0.200. The lowest BCUT2D eigenvalue weighted by molar-refractivity contribution is -0.125. The van der Waals surface area contributed by atoms with E-state index in [2.05, 4.69) is 22.1 Å². The average molecular weight is 397 g/mol. The quantitative estimate of drug-likeness (QED) is 0.395. The molecular weight excluding hydrogens is 376 g/mol. The standard InChI is InChI=1S/C20H20N4OS2/c1-3-12-24-19(25)18(27-20(24)26)13-21-15-8-10-17(11-9-15)23-22-16-6-4-14(2)5-7-16/h3-11,18,21H,1,12-13H2,2H3. The normalized spacial score (nSPS) is 16.9. The molecule has 7 heteroatoms. The highest BCUT2D eigenvalue weighted by atomic mass is 32.2. The molecule has 3 rings (SSSR count). The Morgan fingerprint density at radius 3 is 2.33 bits per heavy atom. The van der Waals surface area contributed by atoms with Gasteiger partial charge in [0.2, 0.25) is 5.91 Å². The molecule has 2 aromatic rings. The lowest BCUT2D eigenvalue weighted by atomic mass is 10.2. The van der Waals surface area contributed by atoms with E-state index in [-0.39, 0.29) is 11.2 Å². The first-order valence-corrected chi connectivity index (χ1v) is 9.81. The molecule has 1 aliphatic rings. The van der Waals surface area contributed by atoms with Crippen LogP contribution in [0.1, 0.15) is 5.56 Å². The number of anilines is 1. The molecule has 0 aliphatic carbocycles. The van der Waals surface area contributed by atoms with Crippen LogP contribution in [0.2, 0.25) is 0 Å². The number of hydrogen-bond acceptors (Lipinski definition) is 6.